The second-order valence-corrected chi connectivity index (χ2v) is 4.54. The highest BCUT2D eigenvalue weighted by atomic mass is 16.4. The predicted octanol–water partition coefficient (Wildman–Crippen LogP) is 1.52. The van der Waals surface area contributed by atoms with Gasteiger partial charge in [-0.3, -0.25) is 4.79 Å². The van der Waals surface area contributed by atoms with E-state index in [-0.39, 0.29) is 17.5 Å². The van der Waals surface area contributed by atoms with Crippen LogP contribution in [-0.4, -0.2) is 23.0 Å². The molecule has 0 spiro atoms. The van der Waals surface area contributed by atoms with E-state index in [2.05, 4.69) is 5.32 Å². The Bertz CT molecular complexity index is 446. The number of amides is 1. The van der Waals surface area contributed by atoms with Crippen molar-refractivity contribution < 1.29 is 14.7 Å². The Labute approximate surface area is 112 Å². The number of carbonyl (C=O) groups excluding carboxylic acids is 1. The molecule has 1 amide bonds. The van der Waals surface area contributed by atoms with E-state index in [9.17, 15) is 9.59 Å². The van der Waals surface area contributed by atoms with Gasteiger partial charge in [-0.15, -0.1) is 0 Å². The zero-order valence-corrected chi connectivity index (χ0v) is 11.1. The fourth-order valence-corrected chi connectivity index (χ4v) is 1.80. The van der Waals surface area contributed by atoms with Crippen molar-refractivity contribution in [2.45, 2.75) is 38.8 Å². The topological polar surface area (TPSA) is 92.4 Å². The zero-order valence-electron chi connectivity index (χ0n) is 11.1. The van der Waals surface area contributed by atoms with Crippen molar-refractivity contribution in [3.63, 3.8) is 0 Å². The van der Waals surface area contributed by atoms with E-state index in [4.69, 9.17) is 10.8 Å². The first kappa shape index (κ1) is 15.2. The standard InChI is InChI=1S/C14H20N2O3/c1-2-4-12(15)8-13(17)16-9-10-5-3-6-11(7-10)14(18)19/h3,5-7,12H,2,4,8-9,15H2,1H3,(H,16,17)(H,18,19). The SMILES string of the molecule is CCCC(N)CC(=O)NCc1cccc(C(=O)O)c1. The summed E-state index contributed by atoms with van der Waals surface area (Å²) in [7, 11) is 0. The van der Waals surface area contributed by atoms with E-state index in [1.165, 1.54) is 6.07 Å². The summed E-state index contributed by atoms with van der Waals surface area (Å²) in [5, 5.41) is 11.6. The van der Waals surface area contributed by atoms with Gasteiger partial charge < -0.3 is 16.2 Å². The molecule has 5 heteroatoms. The van der Waals surface area contributed by atoms with Crippen LogP contribution in [0.15, 0.2) is 24.3 Å². The molecular formula is C14H20N2O3. The van der Waals surface area contributed by atoms with Gasteiger partial charge >= 0.3 is 5.97 Å². The Morgan fingerprint density at radius 2 is 2.16 bits per heavy atom. The third-order valence-electron chi connectivity index (χ3n) is 2.77. The molecule has 0 aromatic heterocycles. The normalized spacial score (nSPS) is 11.9. The summed E-state index contributed by atoms with van der Waals surface area (Å²) in [4.78, 5) is 22.4. The summed E-state index contributed by atoms with van der Waals surface area (Å²) < 4.78 is 0. The molecule has 104 valence electrons. The summed E-state index contributed by atoms with van der Waals surface area (Å²) >= 11 is 0. The van der Waals surface area contributed by atoms with E-state index in [0.29, 0.717) is 13.0 Å². The number of nitrogens with two attached hydrogens (primary N) is 1. The molecule has 0 fully saturated rings. The number of carbonyl (C=O) groups is 2. The minimum Gasteiger partial charge on any atom is -0.478 e. The monoisotopic (exact) mass is 264 g/mol. The van der Waals surface area contributed by atoms with Crippen LogP contribution in [0.5, 0.6) is 0 Å². The number of hydrogen-bond acceptors (Lipinski definition) is 3. The molecule has 0 saturated heterocycles. The number of hydrogen-bond donors (Lipinski definition) is 3. The molecule has 0 aliphatic heterocycles. The Balaban J connectivity index is 2.46. The van der Waals surface area contributed by atoms with Gasteiger partial charge in [0.2, 0.25) is 5.91 Å². The molecule has 0 heterocycles. The van der Waals surface area contributed by atoms with Crippen molar-refractivity contribution >= 4 is 11.9 Å². The first-order valence-electron chi connectivity index (χ1n) is 6.37. The lowest BCUT2D eigenvalue weighted by Gasteiger charge is -2.10. The minimum absolute atomic E-state index is 0.110. The average molecular weight is 264 g/mol. The number of nitrogens with one attached hydrogen (secondary N) is 1. The van der Waals surface area contributed by atoms with Gasteiger partial charge in [-0.05, 0) is 24.1 Å². The first-order valence-corrected chi connectivity index (χ1v) is 6.37. The molecule has 4 N–H and O–H groups in total. The highest BCUT2D eigenvalue weighted by Crippen LogP contribution is 2.05. The van der Waals surface area contributed by atoms with Crippen molar-refractivity contribution in [2.75, 3.05) is 0 Å². The Kier molecular flexibility index (Phi) is 6.02. The summed E-state index contributed by atoms with van der Waals surface area (Å²) in [6.45, 7) is 2.34. The smallest absolute Gasteiger partial charge is 0.335 e. The maximum Gasteiger partial charge on any atom is 0.335 e. The van der Waals surface area contributed by atoms with E-state index in [1.54, 1.807) is 18.2 Å². The zero-order chi connectivity index (χ0) is 14.3. The highest BCUT2D eigenvalue weighted by Gasteiger charge is 2.09. The summed E-state index contributed by atoms with van der Waals surface area (Å²) in [5.41, 5.74) is 6.76. The maximum atomic E-state index is 11.6. The largest absolute Gasteiger partial charge is 0.478 e. The molecule has 0 aliphatic rings. The van der Waals surface area contributed by atoms with E-state index in [1.807, 2.05) is 6.92 Å². The third kappa shape index (κ3) is 5.52. The number of carboxylic acid groups (broad SMARTS) is 1. The van der Waals surface area contributed by atoms with Gasteiger partial charge in [0.1, 0.15) is 0 Å². The fourth-order valence-electron chi connectivity index (χ4n) is 1.80. The molecule has 1 unspecified atom stereocenters. The van der Waals surface area contributed by atoms with Crippen LogP contribution >= 0.6 is 0 Å². The molecule has 0 radical (unpaired) electrons. The molecule has 0 saturated carbocycles. The summed E-state index contributed by atoms with van der Waals surface area (Å²) in [5.74, 6) is -1.08. The predicted molar refractivity (Wildman–Crippen MR) is 72.7 cm³/mol. The third-order valence-corrected chi connectivity index (χ3v) is 2.77. The number of aromatic carboxylic acids is 1. The van der Waals surface area contributed by atoms with E-state index >= 15 is 0 Å². The molecule has 5 nitrogen and oxygen atoms in total. The van der Waals surface area contributed by atoms with Crippen LogP contribution in [-0.2, 0) is 11.3 Å². The van der Waals surface area contributed by atoms with Crippen LogP contribution in [0.3, 0.4) is 0 Å². The number of carboxylic acids is 1. The van der Waals surface area contributed by atoms with Gasteiger partial charge in [0.05, 0.1) is 5.56 Å². The number of rotatable bonds is 7. The highest BCUT2D eigenvalue weighted by molar-refractivity contribution is 5.87. The second-order valence-electron chi connectivity index (χ2n) is 4.54. The quantitative estimate of drug-likeness (QED) is 0.696. The van der Waals surface area contributed by atoms with Crippen LogP contribution < -0.4 is 11.1 Å². The first-order chi connectivity index (χ1) is 9.02. The van der Waals surface area contributed by atoms with Crippen molar-refractivity contribution in [1.82, 2.24) is 5.32 Å². The molecular weight excluding hydrogens is 244 g/mol. The van der Waals surface area contributed by atoms with Gasteiger partial charge in [0.15, 0.2) is 0 Å². The molecule has 0 bridgehead atoms. The Hall–Kier alpha value is -1.88. The second kappa shape index (κ2) is 7.53. The van der Waals surface area contributed by atoms with Gasteiger partial charge in [-0.1, -0.05) is 25.5 Å². The minimum atomic E-state index is -0.974. The Morgan fingerprint density at radius 3 is 2.79 bits per heavy atom. The van der Waals surface area contributed by atoms with Gasteiger partial charge in [0.25, 0.3) is 0 Å². The molecule has 1 aromatic carbocycles. The Morgan fingerprint density at radius 1 is 1.42 bits per heavy atom. The van der Waals surface area contributed by atoms with Crippen LogP contribution in [0.2, 0.25) is 0 Å². The number of benzene rings is 1. The lowest BCUT2D eigenvalue weighted by Crippen LogP contribution is -2.31. The molecule has 0 aliphatic carbocycles. The molecule has 1 aromatic rings. The summed E-state index contributed by atoms with van der Waals surface area (Å²) in [6, 6.07) is 6.39. The van der Waals surface area contributed by atoms with Crippen LogP contribution in [0.25, 0.3) is 0 Å². The van der Waals surface area contributed by atoms with Crippen molar-refractivity contribution in [3.8, 4) is 0 Å². The lowest BCUT2D eigenvalue weighted by molar-refractivity contribution is -0.121. The molecule has 19 heavy (non-hydrogen) atoms. The fraction of sp³-hybridized carbons (Fsp3) is 0.429. The van der Waals surface area contributed by atoms with Crippen molar-refractivity contribution in [3.05, 3.63) is 35.4 Å². The van der Waals surface area contributed by atoms with E-state index < -0.39 is 5.97 Å². The summed E-state index contributed by atoms with van der Waals surface area (Å²) in [6.07, 6.45) is 2.07. The van der Waals surface area contributed by atoms with Crippen molar-refractivity contribution in [2.24, 2.45) is 5.73 Å². The molecule has 1 atom stereocenters. The van der Waals surface area contributed by atoms with Crippen LogP contribution in [0, 0.1) is 0 Å². The van der Waals surface area contributed by atoms with E-state index in [0.717, 1.165) is 18.4 Å². The average Bonchev–Trinajstić information content (AvgIpc) is 2.37. The maximum absolute atomic E-state index is 11.6. The lowest BCUT2D eigenvalue weighted by atomic mass is 10.1. The van der Waals surface area contributed by atoms with Gasteiger partial charge in [-0.2, -0.15) is 0 Å². The van der Waals surface area contributed by atoms with Gasteiger partial charge in [-0.25, -0.2) is 4.79 Å². The van der Waals surface area contributed by atoms with Gasteiger partial charge in [0, 0.05) is 19.0 Å². The van der Waals surface area contributed by atoms with Crippen LogP contribution in [0.4, 0.5) is 0 Å². The van der Waals surface area contributed by atoms with Crippen molar-refractivity contribution in [1.29, 1.82) is 0 Å². The molecule has 1 rings (SSSR count). The van der Waals surface area contributed by atoms with Crippen LogP contribution in [0.1, 0.15) is 42.1 Å².